The van der Waals surface area contributed by atoms with Crippen LogP contribution in [0.5, 0.6) is 0 Å². The topological polar surface area (TPSA) is 88.3 Å². The van der Waals surface area contributed by atoms with Crippen LogP contribution in [0.3, 0.4) is 0 Å². The highest BCUT2D eigenvalue weighted by molar-refractivity contribution is 5.67. The Morgan fingerprint density at radius 2 is 2.08 bits per heavy atom. The van der Waals surface area contributed by atoms with Crippen LogP contribution in [0.1, 0.15) is 56.6 Å². The number of hydrogen-bond donors (Lipinski definition) is 3. The summed E-state index contributed by atoms with van der Waals surface area (Å²) in [6, 6.07) is 2.57. The number of H-pyrrole nitrogens is 1. The second-order valence-electron chi connectivity index (χ2n) is 7.62. The average Bonchev–Trinajstić information content (AvgIpc) is 3.00. The Bertz CT molecular complexity index is 585. The zero-order valence-electron chi connectivity index (χ0n) is 14.6. The van der Waals surface area contributed by atoms with Gasteiger partial charge in [0.1, 0.15) is 5.82 Å². The van der Waals surface area contributed by atoms with E-state index < -0.39 is 0 Å². The van der Waals surface area contributed by atoms with E-state index in [2.05, 4.69) is 26.9 Å². The van der Waals surface area contributed by atoms with Gasteiger partial charge in [0.25, 0.3) is 0 Å². The fourth-order valence-electron chi connectivity index (χ4n) is 4.14. The molecular weight excluding hydrogens is 320 g/mol. The summed E-state index contributed by atoms with van der Waals surface area (Å²) in [5.74, 6) is 1.90. The third kappa shape index (κ3) is 4.26. The summed E-state index contributed by atoms with van der Waals surface area (Å²) in [6.45, 7) is 1.78. The Morgan fingerprint density at radius 1 is 1.16 bits per heavy atom. The molecule has 7 nitrogen and oxygen atoms in total. The van der Waals surface area contributed by atoms with E-state index in [4.69, 9.17) is 9.47 Å². The number of aromatic amines is 1. The molecule has 0 saturated heterocycles. The van der Waals surface area contributed by atoms with Gasteiger partial charge in [-0.2, -0.15) is 5.10 Å². The minimum absolute atomic E-state index is 0.294. The largest absolute Gasteiger partial charge is 0.449 e. The average molecular weight is 348 g/mol. The zero-order valence-corrected chi connectivity index (χ0v) is 14.6. The first-order chi connectivity index (χ1) is 12.3. The van der Waals surface area contributed by atoms with Crippen molar-refractivity contribution >= 4 is 11.9 Å². The highest BCUT2D eigenvalue weighted by Gasteiger charge is 2.33. The fourth-order valence-corrected chi connectivity index (χ4v) is 4.14. The number of carbonyl (C=O) groups excluding carboxylic acids is 1. The van der Waals surface area contributed by atoms with Crippen molar-refractivity contribution in [3.8, 4) is 0 Å². The highest BCUT2D eigenvalue weighted by atomic mass is 16.5. The lowest BCUT2D eigenvalue weighted by Gasteiger charge is -2.34. The van der Waals surface area contributed by atoms with Gasteiger partial charge in [-0.1, -0.05) is 0 Å². The normalized spacial score (nSPS) is 33.7. The van der Waals surface area contributed by atoms with E-state index in [1.807, 2.05) is 0 Å². The van der Waals surface area contributed by atoms with Crippen LogP contribution >= 0.6 is 0 Å². The Kier molecular flexibility index (Phi) is 5.10. The SMILES string of the molecule is O=C1NCCCOC2CCCC(C2)Nc2cc([nH]n2)[C@H]2C[C@H](CO1)C2. The first-order valence-electron chi connectivity index (χ1n) is 9.60. The summed E-state index contributed by atoms with van der Waals surface area (Å²) in [6.07, 6.45) is 7.38. The van der Waals surface area contributed by atoms with Crippen LogP contribution in [-0.4, -0.2) is 48.2 Å². The molecule has 0 spiro atoms. The Labute approximate surface area is 148 Å². The molecule has 2 atom stereocenters. The maximum Gasteiger partial charge on any atom is 0.407 e. The van der Waals surface area contributed by atoms with Gasteiger partial charge in [0.15, 0.2) is 0 Å². The molecule has 3 heterocycles. The molecule has 0 aromatic carbocycles. The number of aromatic nitrogens is 2. The number of alkyl carbamates (subject to hydrolysis) is 1. The van der Waals surface area contributed by atoms with E-state index in [9.17, 15) is 4.79 Å². The van der Waals surface area contributed by atoms with Crippen LogP contribution in [0.25, 0.3) is 0 Å². The molecule has 2 aliphatic carbocycles. The predicted octanol–water partition coefficient (Wildman–Crippen LogP) is 2.77. The maximum absolute atomic E-state index is 11.7. The third-order valence-electron chi connectivity index (χ3n) is 5.65. The fraction of sp³-hybridized carbons (Fsp3) is 0.778. The number of hydrogen-bond acceptors (Lipinski definition) is 5. The number of fused-ring (bicyclic) bond motifs is 7. The van der Waals surface area contributed by atoms with Gasteiger partial charge in [-0.05, 0) is 50.9 Å². The van der Waals surface area contributed by atoms with Gasteiger partial charge in [-0.3, -0.25) is 5.10 Å². The molecule has 2 unspecified atom stereocenters. The van der Waals surface area contributed by atoms with Gasteiger partial charge in [0.2, 0.25) is 0 Å². The van der Waals surface area contributed by atoms with Crippen molar-refractivity contribution < 1.29 is 14.3 Å². The molecule has 138 valence electrons. The van der Waals surface area contributed by atoms with Gasteiger partial charge in [0.05, 0.1) is 12.7 Å². The van der Waals surface area contributed by atoms with Gasteiger partial charge in [-0.25, -0.2) is 4.79 Å². The Morgan fingerprint density at radius 3 is 3.00 bits per heavy atom. The molecule has 0 radical (unpaired) electrons. The van der Waals surface area contributed by atoms with Crippen LogP contribution in [0, 0.1) is 5.92 Å². The quantitative estimate of drug-likeness (QED) is 0.671. The minimum atomic E-state index is -0.310. The van der Waals surface area contributed by atoms with Crippen molar-refractivity contribution in [2.75, 3.05) is 25.1 Å². The van der Waals surface area contributed by atoms with E-state index >= 15 is 0 Å². The van der Waals surface area contributed by atoms with Crippen LogP contribution in [-0.2, 0) is 9.47 Å². The number of nitrogens with zero attached hydrogens (tertiary/aromatic N) is 1. The van der Waals surface area contributed by atoms with Crippen molar-refractivity contribution in [3.63, 3.8) is 0 Å². The van der Waals surface area contributed by atoms with Gasteiger partial charge >= 0.3 is 6.09 Å². The second kappa shape index (κ2) is 7.64. The van der Waals surface area contributed by atoms with E-state index in [-0.39, 0.29) is 6.09 Å². The first-order valence-corrected chi connectivity index (χ1v) is 9.60. The van der Waals surface area contributed by atoms with E-state index in [1.165, 1.54) is 18.5 Å². The predicted molar refractivity (Wildman–Crippen MR) is 93.6 cm³/mol. The first kappa shape index (κ1) is 16.7. The molecule has 7 heteroatoms. The third-order valence-corrected chi connectivity index (χ3v) is 5.65. The molecule has 6 bridgehead atoms. The van der Waals surface area contributed by atoms with Crippen LogP contribution < -0.4 is 10.6 Å². The van der Waals surface area contributed by atoms with E-state index in [0.717, 1.165) is 37.9 Å². The monoisotopic (exact) mass is 348 g/mol. The smallest absolute Gasteiger partial charge is 0.407 e. The number of rotatable bonds is 0. The van der Waals surface area contributed by atoms with Crippen molar-refractivity contribution in [1.29, 1.82) is 0 Å². The summed E-state index contributed by atoms with van der Waals surface area (Å²) >= 11 is 0. The Balaban J connectivity index is 1.40. The molecule has 2 fully saturated rings. The number of anilines is 1. The highest BCUT2D eigenvalue weighted by Crippen LogP contribution is 2.41. The molecule has 1 aromatic heterocycles. The van der Waals surface area contributed by atoms with Gasteiger partial charge in [-0.15, -0.1) is 0 Å². The molecule has 1 aromatic rings. The van der Waals surface area contributed by atoms with Crippen LogP contribution in [0.15, 0.2) is 6.07 Å². The zero-order chi connectivity index (χ0) is 17.1. The summed E-state index contributed by atoms with van der Waals surface area (Å²) in [5, 5.41) is 14.0. The van der Waals surface area contributed by atoms with E-state index in [0.29, 0.717) is 43.7 Å². The maximum atomic E-state index is 11.7. The lowest BCUT2D eigenvalue weighted by molar-refractivity contribution is 0.0241. The van der Waals surface area contributed by atoms with Crippen LogP contribution in [0.4, 0.5) is 10.6 Å². The van der Waals surface area contributed by atoms with Gasteiger partial charge < -0.3 is 20.1 Å². The van der Waals surface area contributed by atoms with Crippen molar-refractivity contribution in [2.24, 2.45) is 5.92 Å². The molecule has 5 rings (SSSR count). The molecule has 2 aliphatic heterocycles. The van der Waals surface area contributed by atoms with Crippen molar-refractivity contribution in [1.82, 2.24) is 15.5 Å². The summed E-state index contributed by atoms with van der Waals surface area (Å²) in [5.41, 5.74) is 1.19. The standard InChI is InChI=1S/C18H28N4O3/c23-18-19-5-2-6-24-15-4-1-3-14(9-15)20-17-10-16(21-22-17)13-7-12(8-13)11-25-18/h10,12-15H,1-9,11H2,(H,19,23)(H2,20,21,22)/t12-,13-,14?,15?. The molecule has 2 saturated carbocycles. The number of nitrogens with one attached hydrogen (secondary N) is 3. The summed E-state index contributed by atoms with van der Waals surface area (Å²) in [7, 11) is 0. The molecule has 4 aliphatic rings. The minimum Gasteiger partial charge on any atom is -0.449 e. The number of carbonyl (C=O) groups is 1. The molecule has 1 amide bonds. The number of ether oxygens (including phenoxy) is 2. The molecule has 25 heavy (non-hydrogen) atoms. The van der Waals surface area contributed by atoms with E-state index in [1.54, 1.807) is 0 Å². The van der Waals surface area contributed by atoms with Crippen LogP contribution in [0.2, 0.25) is 0 Å². The molecular formula is C18H28N4O3. The number of amides is 1. The lowest BCUT2D eigenvalue weighted by atomic mass is 9.74. The molecule has 3 N–H and O–H groups in total. The lowest BCUT2D eigenvalue weighted by Crippen LogP contribution is -2.33. The van der Waals surface area contributed by atoms with Crippen molar-refractivity contribution in [2.45, 2.75) is 63.0 Å². The summed E-state index contributed by atoms with van der Waals surface area (Å²) < 4.78 is 11.3. The van der Waals surface area contributed by atoms with Gasteiger partial charge in [0, 0.05) is 36.9 Å². The Hall–Kier alpha value is -1.76. The summed E-state index contributed by atoms with van der Waals surface area (Å²) in [4.78, 5) is 11.7. The van der Waals surface area contributed by atoms with Crippen molar-refractivity contribution in [3.05, 3.63) is 11.8 Å². The second-order valence-corrected chi connectivity index (χ2v) is 7.62.